The van der Waals surface area contributed by atoms with Gasteiger partial charge in [-0.1, -0.05) is 11.6 Å². The standard InChI is InChI=1S/C11H16ClN3O2/c1-8(2)15(4-3-5-16)11(17)9-6-14-10(12)7-13-9/h6-8,16H,3-5H2,1-2H3. The molecule has 17 heavy (non-hydrogen) atoms. The van der Waals surface area contributed by atoms with Gasteiger partial charge in [0, 0.05) is 19.2 Å². The van der Waals surface area contributed by atoms with Crippen LogP contribution in [0, 0.1) is 0 Å². The van der Waals surface area contributed by atoms with Gasteiger partial charge in [-0.25, -0.2) is 9.97 Å². The maximum absolute atomic E-state index is 12.1. The van der Waals surface area contributed by atoms with Crippen molar-refractivity contribution in [2.75, 3.05) is 13.2 Å². The molecule has 0 spiro atoms. The van der Waals surface area contributed by atoms with Gasteiger partial charge in [-0.3, -0.25) is 4.79 Å². The summed E-state index contributed by atoms with van der Waals surface area (Å²) in [6.07, 6.45) is 3.25. The highest BCUT2D eigenvalue weighted by atomic mass is 35.5. The highest BCUT2D eigenvalue weighted by Gasteiger charge is 2.19. The molecular formula is C11H16ClN3O2. The second kappa shape index (κ2) is 6.51. The van der Waals surface area contributed by atoms with Crippen LogP contribution in [0.4, 0.5) is 0 Å². The lowest BCUT2D eigenvalue weighted by Gasteiger charge is -2.26. The van der Waals surface area contributed by atoms with Crippen molar-refractivity contribution in [1.82, 2.24) is 14.9 Å². The molecule has 0 aliphatic carbocycles. The number of hydrogen-bond acceptors (Lipinski definition) is 4. The highest BCUT2D eigenvalue weighted by Crippen LogP contribution is 2.08. The van der Waals surface area contributed by atoms with Crippen LogP contribution in [0.25, 0.3) is 0 Å². The molecule has 6 heteroatoms. The molecule has 0 aliphatic heterocycles. The van der Waals surface area contributed by atoms with Gasteiger partial charge in [-0.05, 0) is 20.3 Å². The summed E-state index contributed by atoms with van der Waals surface area (Å²) in [6, 6.07) is 0.0477. The molecule has 1 aromatic rings. The molecule has 0 aliphatic rings. The summed E-state index contributed by atoms with van der Waals surface area (Å²) in [5, 5.41) is 9.06. The van der Waals surface area contributed by atoms with E-state index in [9.17, 15) is 4.79 Å². The van der Waals surface area contributed by atoms with Gasteiger partial charge in [0.25, 0.3) is 5.91 Å². The van der Waals surface area contributed by atoms with Crippen LogP contribution in [0.3, 0.4) is 0 Å². The van der Waals surface area contributed by atoms with E-state index in [1.54, 1.807) is 4.90 Å². The fraction of sp³-hybridized carbons (Fsp3) is 0.545. The van der Waals surface area contributed by atoms with Crippen LogP contribution in [0.2, 0.25) is 5.15 Å². The number of hydrogen-bond donors (Lipinski definition) is 1. The summed E-state index contributed by atoms with van der Waals surface area (Å²) in [5.41, 5.74) is 0.265. The van der Waals surface area contributed by atoms with Gasteiger partial charge in [-0.15, -0.1) is 0 Å². The van der Waals surface area contributed by atoms with Crippen molar-refractivity contribution in [1.29, 1.82) is 0 Å². The molecule has 1 amide bonds. The molecule has 1 aromatic heterocycles. The number of aromatic nitrogens is 2. The van der Waals surface area contributed by atoms with Gasteiger partial charge in [0.15, 0.2) is 0 Å². The van der Waals surface area contributed by atoms with E-state index in [1.165, 1.54) is 12.4 Å². The van der Waals surface area contributed by atoms with E-state index in [1.807, 2.05) is 13.8 Å². The molecule has 0 radical (unpaired) electrons. The normalized spacial score (nSPS) is 10.6. The first-order chi connectivity index (χ1) is 8.06. The van der Waals surface area contributed by atoms with Gasteiger partial charge >= 0.3 is 0 Å². The van der Waals surface area contributed by atoms with Crippen molar-refractivity contribution >= 4 is 17.5 Å². The SMILES string of the molecule is CC(C)N(CCCO)C(=O)c1cnc(Cl)cn1. The zero-order valence-corrected chi connectivity index (χ0v) is 10.7. The van der Waals surface area contributed by atoms with Crippen molar-refractivity contribution in [3.63, 3.8) is 0 Å². The molecule has 0 aromatic carbocycles. The zero-order chi connectivity index (χ0) is 12.8. The first-order valence-corrected chi connectivity index (χ1v) is 5.83. The minimum atomic E-state index is -0.197. The Bertz CT molecular complexity index is 367. The van der Waals surface area contributed by atoms with E-state index in [-0.39, 0.29) is 29.4 Å². The van der Waals surface area contributed by atoms with Crippen molar-refractivity contribution in [2.24, 2.45) is 0 Å². The van der Waals surface area contributed by atoms with E-state index < -0.39 is 0 Å². The van der Waals surface area contributed by atoms with Crippen LogP contribution in [0.15, 0.2) is 12.4 Å². The lowest BCUT2D eigenvalue weighted by molar-refractivity contribution is 0.0686. The van der Waals surface area contributed by atoms with Crippen molar-refractivity contribution in [3.05, 3.63) is 23.2 Å². The molecule has 0 saturated carbocycles. The second-order valence-electron chi connectivity index (χ2n) is 3.89. The van der Waals surface area contributed by atoms with Crippen LogP contribution < -0.4 is 0 Å². The number of nitrogens with zero attached hydrogens (tertiary/aromatic N) is 3. The first-order valence-electron chi connectivity index (χ1n) is 5.45. The Hall–Kier alpha value is -1.20. The van der Waals surface area contributed by atoms with E-state index in [0.717, 1.165) is 0 Å². The number of aliphatic hydroxyl groups excluding tert-OH is 1. The van der Waals surface area contributed by atoms with Gasteiger partial charge in [0.2, 0.25) is 0 Å². The average molecular weight is 258 g/mol. The van der Waals surface area contributed by atoms with E-state index in [4.69, 9.17) is 16.7 Å². The average Bonchev–Trinajstić information content (AvgIpc) is 2.29. The minimum absolute atomic E-state index is 0.0477. The Morgan fingerprint density at radius 1 is 1.47 bits per heavy atom. The predicted octanol–water partition coefficient (Wildman–Crippen LogP) is 1.36. The van der Waals surface area contributed by atoms with Gasteiger partial charge in [-0.2, -0.15) is 0 Å². The molecule has 0 atom stereocenters. The van der Waals surface area contributed by atoms with Gasteiger partial charge in [0.05, 0.1) is 12.4 Å². The van der Waals surface area contributed by atoms with Crippen molar-refractivity contribution in [2.45, 2.75) is 26.3 Å². The molecule has 0 bridgehead atoms. The second-order valence-corrected chi connectivity index (χ2v) is 4.28. The molecule has 5 nitrogen and oxygen atoms in total. The largest absolute Gasteiger partial charge is 0.396 e. The smallest absolute Gasteiger partial charge is 0.274 e. The maximum atomic E-state index is 12.1. The third-order valence-electron chi connectivity index (χ3n) is 2.28. The Labute approximate surface area is 105 Å². The lowest BCUT2D eigenvalue weighted by Crippen LogP contribution is -2.38. The van der Waals surface area contributed by atoms with Crippen molar-refractivity contribution in [3.8, 4) is 0 Å². The molecule has 1 rings (SSSR count). The molecule has 1 N–H and O–H groups in total. The van der Waals surface area contributed by atoms with Crippen LogP contribution in [-0.4, -0.2) is 45.1 Å². The number of aliphatic hydroxyl groups is 1. The topological polar surface area (TPSA) is 66.3 Å². The van der Waals surface area contributed by atoms with Crippen LogP contribution in [0.5, 0.6) is 0 Å². The van der Waals surface area contributed by atoms with Gasteiger partial charge in [0.1, 0.15) is 10.8 Å². The predicted molar refractivity (Wildman–Crippen MR) is 64.9 cm³/mol. The molecule has 0 fully saturated rings. The molecule has 1 heterocycles. The number of halogens is 1. The summed E-state index contributed by atoms with van der Waals surface area (Å²) in [6.45, 7) is 4.39. The van der Waals surface area contributed by atoms with E-state index >= 15 is 0 Å². The number of amides is 1. The number of carbonyl (C=O) groups is 1. The third-order valence-corrected chi connectivity index (χ3v) is 2.48. The molecular weight excluding hydrogens is 242 g/mol. The maximum Gasteiger partial charge on any atom is 0.274 e. The van der Waals surface area contributed by atoms with E-state index in [2.05, 4.69) is 9.97 Å². The quantitative estimate of drug-likeness (QED) is 0.865. The summed E-state index contributed by atoms with van der Waals surface area (Å²) < 4.78 is 0. The molecule has 0 unspecified atom stereocenters. The van der Waals surface area contributed by atoms with Crippen LogP contribution in [-0.2, 0) is 0 Å². The molecule has 0 saturated heterocycles. The lowest BCUT2D eigenvalue weighted by atomic mass is 10.2. The summed E-state index contributed by atoms with van der Waals surface area (Å²) >= 11 is 5.61. The minimum Gasteiger partial charge on any atom is -0.396 e. The van der Waals surface area contributed by atoms with Gasteiger partial charge < -0.3 is 10.0 Å². The number of carbonyl (C=O) groups excluding carboxylic acids is 1. The fourth-order valence-electron chi connectivity index (χ4n) is 1.41. The zero-order valence-electron chi connectivity index (χ0n) is 9.93. The fourth-order valence-corrected chi connectivity index (χ4v) is 1.50. The number of rotatable bonds is 5. The monoisotopic (exact) mass is 257 g/mol. The van der Waals surface area contributed by atoms with Crippen molar-refractivity contribution < 1.29 is 9.90 Å². The summed E-state index contributed by atoms with van der Waals surface area (Å²) in [7, 11) is 0. The Morgan fingerprint density at radius 2 is 2.18 bits per heavy atom. The Balaban J connectivity index is 2.80. The van der Waals surface area contributed by atoms with Crippen LogP contribution >= 0.6 is 11.6 Å². The summed E-state index contributed by atoms with van der Waals surface area (Å²) in [5.74, 6) is -0.197. The Morgan fingerprint density at radius 3 is 2.65 bits per heavy atom. The molecule has 94 valence electrons. The summed E-state index contributed by atoms with van der Waals surface area (Å²) in [4.78, 5) is 21.5. The highest BCUT2D eigenvalue weighted by molar-refractivity contribution is 6.29. The Kier molecular flexibility index (Phi) is 5.31. The van der Waals surface area contributed by atoms with E-state index in [0.29, 0.717) is 13.0 Å². The van der Waals surface area contributed by atoms with Crippen LogP contribution in [0.1, 0.15) is 30.8 Å². The first kappa shape index (κ1) is 13.9. The third kappa shape index (κ3) is 3.94.